The monoisotopic (exact) mass is 344 g/mol. The minimum absolute atomic E-state index is 0.0648. The Balaban J connectivity index is 0.000000224. The van der Waals surface area contributed by atoms with Crippen molar-refractivity contribution < 1.29 is 24.1 Å². The normalized spacial score (nSPS) is 9.27. The molecule has 0 unspecified atom stereocenters. The number of phenols is 1. The van der Waals surface area contributed by atoms with Gasteiger partial charge in [0.15, 0.2) is 23.0 Å². The molecular formula is C15H14Cl2O5. The second-order valence-electron chi connectivity index (χ2n) is 3.83. The maximum Gasteiger partial charge on any atom is 0.298 e. The van der Waals surface area contributed by atoms with Crippen LogP contribution < -0.4 is 14.2 Å². The molecule has 7 heteroatoms. The fourth-order valence-corrected chi connectivity index (χ4v) is 1.79. The zero-order valence-electron chi connectivity index (χ0n) is 11.9. The fourth-order valence-electron chi connectivity index (χ4n) is 1.46. The number of ether oxygens (including phenoxy) is 3. The SMILES string of the molecule is COc1ccc(Cl)cc1O.COc1ccc(Cl)cc1OC=O. The van der Waals surface area contributed by atoms with Gasteiger partial charge in [-0.15, -0.1) is 0 Å². The van der Waals surface area contributed by atoms with Crippen LogP contribution in [0.15, 0.2) is 36.4 Å². The van der Waals surface area contributed by atoms with Crippen molar-refractivity contribution in [3.63, 3.8) is 0 Å². The van der Waals surface area contributed by atoms with Crippen molar-refractivity contribution in [2.75, 3.05) is 14.2 Å². The van der Waals surface area contributed by atoms with Gasteiger partial charge in [-0.2, -0.15) is 0 Å². The molecule has 1 N–H and O–H groups in total. The van der Waals surface area contributed by atoms with E-state index in [1.54, 1.807) is 24.3 Å². The van der Waals surface area contributed by atoms with Crippen molar-refractivity contribution >= 4 is 29.7 Å². The summed E-state index contributed by atoms with van der Waals surface area (Å²) in [7, 11) is 2.98. The van der Waals surface area contributed by atoms with Gasteiger partial charge in [0.05, 0.1) is 14.2 Å². The van der Waals surface area contributed by atoms with Gasteiger partial charge in [0.25, 0.3) is 6.47 Å². The summed E-state index contributed by atoms with van der Waals surface area (Å²) in [6.45, 7) is 0.328. The molecule has 5 nitrogen and oxygen atoms in total. The number of carbonyl (C=O) groups excluding carboxylic acids is 1. The average Bonchev–Trinajstić information content (AvgIpc) is 2.49. The van der Waals surface area contributed by atoms with Crippen molar-refractivity contribution in [2.45, 2.75) is 0 Å². The van der Waals surface area contributed by atoms with Gasteiger partial charge in [-0.1, -0.05) is 23.2 Å². The number of benzene rings is 2. The Morgan fingerprint density at radius 3 is 1.95 bits per heavy atom. The van der Waals surface area contributed by atoms with Gasteiger partial charge in [0, 0.05) is 22.2 Å². The first kappa shape index (κ1) is 17.9. The quantitative estimate of drug-likeness (QED) is 0.851. The molecular weight excluding hydrogens is 331 g/mol. The number of aromatic hydroxyl groups is 1. The number of phenolic OH excluding ortho intramolecular Hbond substituents is 1. The zero-order valence-corrected chi connectivity index (χ0v) is 13.4. The van der Waals surface area contributed by atoms with E-state index in [0.29, 0.717) is 33.8 Å². The highest BCUT2D eigenvalue weighted by Crippen LogP contribution is 2.29. The molecule has 0 saturated heterocycles. The molecule has 0 fully saturated rings. The Hall–Kier alpha value is -2.11. The van der Waals surface area contributed by atoms with Crippen LogP contribution in [-0.2, 0) is 4.79 Å². The predicted molar refractivity (Wildman–Crippen MR) is 84.4 cm³/mol. The number of hydrogen-bond donors (Lipinski definition) is 1. The molecule has 118 valence electrons. The van der Waals surface area contributed by atoms with E-state index in [0.717, 1.165) is 0 Å². The molecule has 0 heterocycles. The molecule has 0 aliphatic carbocycles. The lowest BCUT2D eigenvalue weighted by molar-refractivity contribution is -0.120. The van der Waals surface area contributed by atoms with Gasteiger partial charge in [-0.3, -0.25) is 4.79 Å². The third-order valence-corrected chi connectivity index (χ3v) is 2.91. The molecule has 0 atom stereocenters. The van der Waals surface area contributed by atoms with Crippen LogP contribution in [0.3, 0.4) is 0 Å². The molecule has 0 aliphatic heterocycles. The molecule has 2 aromatic rings. The van der Waals surface area contributed by atoms with Crippen LogP contribution >= 0.6 is 23.2 Å². The summed E-state index contributed by atoms with van der Waals surface area (Å²) < 4.78 is 14.3. The van der Waals surface area contributed by atoms with Gasteiger partial charge in [-0.25, -0.2) is 0 Å². The lowest BCUT2D eigenvalue weighted by Gasteiger charge is -2.05. The molecule has 22 heavy (non-hydrogen) atoms. The first-order valence-corrected chi connectivity index (χ1v) is 6.73. The van der Waals surface area contributed by atoms with Crippen molar-refractivity contribution in [3.8, 4) is 23.0 Å². The van der Waals surface area contributed by atoms with Gasteiger partial charge in [-0.05, 0) is 24.3 Å². The Kier molecular flexibility index (Phi) is 7.36. The van der Waals surface area contributed by atoms with E-state index in [2.05, 4.69) is 4.74 Å². The Labute approximate surface area is 137 Å². The second kappa shape index (κ2) is 9.02. The molecule has 0 aliphatic rings. The van der Waals surface area contributed by atoms with Crippen LogP contribution in [0.1, 0.15) is 0 Å². The van der Waals surface area contributed by atoms with Crippen LogP contribution in [0.4, 0.5) is 0 Å². The second-order valence-corrected chi connectivity index (χ2v) is 4.70. The third-order valence-electron chi connectivity index (χ3n) is 2.44. The summed E-state index contributed by atoms with van der Waals surface area (Å²) in [5, 5.41) is 10.1. The summed E-state index contributed by atoms with van der Waals surface area (Å²) >= 11 is 11.2. The van der Waals surface area contributed by atoms with Crippen molar-refractivity contribution in [1.29, 1.82) is 0 Å². The maximum atomic E-state index is 10.0. The Morgan fingerprint density at radius 2 is 1.45 bits per heavy atom. The lowest BCUT2D eigenvalue weighted by atomic mass is 10.3. The summed E-state index contributed by atoms with van der Waals surface area (Å²) in [5.41, 5.74) is 0. The van der Waals surface area contributed by atoms with Gasteiger partial charge < -0.3 is 19.3 Å². The molecule has 0 saturated carbocycles. The van der Waals surface area contributed by atoms with E-state index in [-0.39, 0.29) is 5.75 Å². The number of hydrogen-bond acceptors (Lipinski definition) is 5. The molecule has 0 radical (unpaired) electrons. The van der Waals surface area contributed by atoms with Crippen LogP contribution in [0, 0.1) is 0 Å². The molecule has 2 aromatic carbocycles. The molecule has 0 aromatic heterocycles. The third kappa shape index (κ3) is 5.35. The highest BCUT2D eigenvalue weighted by Gasteiger charge is 2.03. The number of methoxy groups -OCH3 is 2. The Bertz CT molecular complexity index is 631. The minimum Gasteiger partial charge on any atom is -0.504 e. The van der Waals surface area contributed by atoms with Crippen molar-refractivity contribution in [3.05, 3.63) is 46.4 Å². The predicted octanol–water partition coefficient (Wildman–Crippen LogP) is 3.94. The Morgan fingerprint density at radius 1 is 0.909 bits per heavy atom. The van der Waals surface area contributed by atoms with E-state index < -0.39 is 0 Å². The van der Waals surface area contributed by atoms with Crippen LogP contribution in [0.25, 0.3) is 0 Å². The first-order chi connectivity index (χ1) is 10.5. The molecule has 2 rings (SSSR count). The van der Waals surface area contributed by atoms with Crippen LogP contribution in [-0.4, -0.2) is 25.8 Å². The van der Waals surface area contributed by atoms with Crippen molar-refractivity contribution in [2.24, 2.45) is 0 Å². The van der Waals surface area contributed by atoms with Crippen molar-refractivity contribution in [1.82, 2.24) is 0 Å². The van der Waals surface area contributed by atoms with E-state index in [9.17, 15) is 4.79 Å². The number of rotatable bonds is 4. The number of carbonyl (C=O) groups is 1. The van der Waals surface area contributed by atoms with Gasteiger partial charge >= 0.3 is 0 Å². The fraction of sp³-hybridized carbons (Fsp3) is 0.133. The summed E-state index contributed by atoms with van der Waals surface area (Å²) in [5.74, 6) is 1.30. The zero-order chi connectivity index (χ0) is 16.5. The van der Waals surface area contributed by atoms with E-state index >= 15 is 0 Å². The smallest absolute Gasteiger partial charge is 0.298 e. The highest BCUT2D eigenvalue weighted by molar-refractivity contribution is 6.31. The van der Waals surface area contributed by atoms with Gasteiger partial charge in [0.1, 0.15) is 0 Å². The van der Waals surface area contributed by atoms with E-state index in [4.69, 9.17) is 37.8 Å². The lowest BCUT2D eigenvalue weighted by Crippen LogP contribution is -1.92. The van der Waals surface area contributed by atoms with E-state index in [1.807, 2.05) is 0 Å². The van der Waals surface area contributed by atoms with Gasteiger partial charge in [0.2, 0.25) is 0 Å². The summed E-state index contributed by atoms with van der Waals surface area (Å²) in [4.78, 5) is 10.0. The largest absolute Gasteiger partial charge is 0.504 e. The van der Waals surface area contributed by atoms with Crippen LogP contribution in [0.2, 0.25) is 10.0 Å². The maximum absolute atomic E-state index is 10.0. The molecule has 0 spiro atoms. The van der Waals surface area contributed by atoms with Crippen LogP contribution in [0.5, 0.6) is 23.0 Å². The highest BCUT2D eigenvalue weighted by atomic mass is 35.5. The van der Waals surface area contributed by atoms with E-state index in [1.165, 1.54) is 26.4 Å². The standard InChI is InChI=1S/C8H7ClO3.C7H7ClO2/c1-11-7-3-2-6(9)4-8(7)12-5-10;1-10-7-3-2-5(8)4-6(7)9/h2-5H,1H3;2-4,9H,1H3. The summed E-state index contributed by atoms with van der Waals surface area (Å²) in [6.07, 6.45) is 0. The first-order valence-electron chi connectivity index (χ1n) is 5.98. The number of halogens is 2. The molecule has 0 amide bonds. The molecule has 0 bridgehead atoms. The average molecular weight is 345 g/mol. The topological polar surface area (TPSA) is 65.0 Å². The minimum atomic E-state index is 0.0648. The summed E-state index contributed by atoms with van der Waals surface area (Å²) in [6, 6.07) is 9.48.